The molecular formula is C6H12N2O2. The van der Waals surface area contributed by atoms with Gasteiger partial charge in [0.1, 0.15) is 0 Å². The molecule has 1 aliphatic heterocycles. The maximum absolute atomic E-state index is 10.5. The highest BCUT2D eigenvalue weighted by atomic mass is 16.3. The van der Waals surface area contributed by atoms with Crippen LogP contribution in [0.4, 0.5) is 0 Å². The molecule has 1 amide bonds. The van der Waals surface area contributed by atoms with Crippen molar-refractivity contribution in [2.45, 2.75) is 25.0 Å². The maximum Gasteiger partial charge on any atom is 0.234 e. The van der Waals surface area contributed by atoms with Crippen LogP contribution < -0.4 is 11.1 Å². The number of piperidine rings is 1. The quantitative estimate of drug-likeness (QED) is 0.423. The second kappa shape index (κ2) is 2.98. The van der Waals surface area contributed by atoms with E-state index in [-0.39, 0.29) is 18.1 Å². The number of aliphatic hydroxyl groups excluding tert-OH is 1. The zero-order valence-corrected chi connectivity index (χ0v) is 5.71. The standard InChI is InChI=1S/C6H12N2O2/c7-6(10)5-3-4(9)1-2-8-5/h4-5,8-9H,1-3H2,(H2,7,10). The molecule has 1 fully saturated rings. The van der Waals surface area contributed by atoms with Gasteiger partial charge in [-0.2, -0.15) is 0 Å². The number of hydrogen-bond acceptors (Lipinski definition) is 3. The second-order valence-corrected chi connectivity index (χ2v) is 2.59. The summed E-state index contributed by atoms with van der Waals surface area (Å²) in [5.74, 6) is -0.376. The molecule has 2 atom stereocenters. The molecule has 58 valence electrons. The Morgan fingerprint density at radius 3 is 2.80 bits per heavy atom. The molecule has 1 rings (SSSR count). The molecule has 0 radical (unpaired) electrons. The Morgan fingerprint density at radius 1 is 1.70 bits per heavy atom. The Balaban J connectivity index is 2.39. The Kier molecular flexibility index (Phi) is 2.24. The van der Waals surface area contributed by atoms with Crippen molar-refractivity contribution in [3.05, 3.63) is 0 Å². The molecule has 0 spiro atoms. The number of amides is 1. The lowest BCUT2D eigenvalue weighted by Gasteiger charge is -2.24. The van der Waals surface area contributed by atoms with Crippen LogP contribution in [0.5, 0.6) is 0 Å². The third kappa shape index (κ3) is 1.68. The minimum atomic E-state index is -0.376. The third-order valence-electron chi connectivity index (χ3n) is 1.72. The van der Waals surface area contributed by atoms with Gasteiger partial charge in [-0.1, -0.05) is 0 Å². The Labute approximate surface area is 59.4 Å². The number of hydrogen-bond donors (Lipinski definition) is 3. The molecule has 0 bridgehead atoms. The number of nitrogens with one attached hydrogen (secondary N) is 1. The van der Waals surface area contributed by atoms with Crippen LogP contribution in [0.3, 0.4) is 0 Å². The summed E-state index contributed by atoms with van der Waals surface area (Å²) >= 11 is 0. The van der Waals surface area contributed by atoms with Gasteiger partial charge in [-0.3, -0.25) is 4.79 Å². The van der Waals surface area contributed by atoms with E-state index < -0.39 is 0 Å². The lowest BCUT2D eigenvalue weighted by molar-refractivity contribution is -0.121. The predicted octanol–water partition coefficient (Wildman–Crippen LogP) is -1.42. The van der Waals surface area contributed by atoms with Crippen LogP contribution in [0.15, 0.2) is 0 Å². The Bertz CT molecular complexity index is 138. The summed E-state index contributed by atoms with van der Waals surface area (Å²) in [7, 11) is 0. The summed E-state index contributed by atoms with van der Waals surface area (Å²) in [6.45, 7) is 0.675. The predicted molar refractivity (Wildman–Crippen MR) is 36.2 cm³/mol. The molecule has 0 aromatic carbocycles. The molecule has 1 aliphatic rings. The Hall–Kier alpha value is -0.610. The van der Waals surface area contributed by atoms with E-state index in [1.54, 1.807) is 0 Å². The summed E-state index contributed by atoms with van der Waals surface area (Å²) in [6.07, 6.45) is 0.804. The number of aliphatic hydroxyl groups is 1. The summed E-state index contributed by atoms with van der Waals surface area (Å²) in [4.78, 5) is 10.5. The number of rotatable bonds is 1. The fraction of sp³-hybridized carbons (Fsp3) is 0.833. The van der Waals surface area contributed by atoms with Crippen LogP contribution >= 0.6 is 0 Å². The van der Waals surface area contributed by atoms with E-state index >= 15 is 0 Å². The first-order chi connectivity index (χ1) is 4.70. The molecule has 4 heteroatoms. The van der Waals surface area contributed by atoms with E-state index in [0.29, 0.717) is 19.4 Å². The average Bonchev–Trinajstić information content (AvgIpc) is 1.88. The maximum atomic E-state index is 10.5. The van der Waals surface area contributed by atoms with E-state index in [2.05, 4.69) is 5.32 Å². The zero-order chi connectivity index (χ0) is 7.56. The van der Waals surface area contributed by atoms with Gasteiger partial charge >= 0.3 is 0 Å². The summed E-state index contributed by atoms with van der Waals surface area (Å²) in [6, 6.07) is -0.330. The van der Waals surface area contributed by atoms with Crippen LogP contribution in [0.2, 0.25) is 0 Å². The highest BCUT2D eigenvalue weighted by molar-refractivity contribution is 5.79. The molecule has 10 heavy (non-hydrogen) atoms. The van der Waals surface area contributed by atoms with Gasteiger partial charge < -0.3 is 16.2 Å². The van der Waals surface area contributed by atoms with Gasteiger partial charge in [0.25, 0.3) is 0 Å². The van der Waals surface area contributed by atoms with Gasteiger partial charge in [0, 0.05) is 0 Å². The molecule has 0 saturated carbocycles. The first-order valence-corrected chi connectivity index (χ1v) is 3.41. The number of primary amides is 1. The first-order valence-electron chi connectivity index (χ1n) is 3.41. The molecule has 4 N–H and O–H groups in total. The molecular weight excluding hydrogens is 132 g/mol. The van der Waals surface area contributed by atoms with Crippen molar-refractivity contribution >= 4 is 5.91 Å². The second-order valence-electron chi connectivity index (χ2n) is 2.59. The van der Waals surface area contributed by atoms with Crippen LogP contribution in [0, 0.1) is 0 Å². The number of carbonyl (C=O) groups is 1. The van der Waals surface area contributed by atoms with Gasteiger partial charge in [-0.05, 0) is 19.4 Å². The minimum absolute atomic E-state index is 0.330. The largest absolute Gasteiger partial charge is 0.393 e. The van der Waals surface area contributed by atoms with Crippen LogP contribution in [-0.4, -0.2) is 29.7 Å². The lowest BCUT2D eigenvalue weighted by atomic mass is 10.0. The molecule has 2 unspecified atom stereocenters. The van der Waals surface area contributed by atoms with Crippen molar-refractivity contribution in [2.75, 3.05) is 6.54 Å². The van der Waals surface area contributed by atoms with Gasteiger partial charge in [-0.25, -0.2) is 0 Å². The fourth-order valence-electron chi connectivity index (χ4n) is 1.11. The molecule has 0 aliphatic carbocycles. The van der Waals surface area contributed by atoms with E-state index in [9.17, 15) is 4.79 Å². The first kappa shape index (κ1) is 7.50. The van der Waals surface area contributed by atoms with Crippen LogP contribution in [0.1, 0.15) is 12.8 Å². The van der Waals surface area contributed by atoms with E-state index in [4.69, 9.17) is 10.8 Å². The molecule has 0 aromatic heterocycles. The normalized spacial score (nSPS) is 33.7. The van der Waals surface area contributed by atoms with Gasteiger partial charge in [0.15, 0.2) is 0 Å². The Morgan fingerprint density at radius 2 is 2.40 bits per heavy atom. The molecule has 1 heterocycles. The van der Waals surface area contributed by atoms with E-state index in [0.717, 1.165) is 0 Å². The lowest BCUT2D eigenvalue weighted by Crippen LogP contribution is -2.48. The summed E-state index contributed by atoms with van der Waals surface area (Å²) < 4.78 is 0. The third-order valence-corrected chi connectivity index (χ3v) is 1.72. The number of carbonyl (C=O) groups excluding carboxylic acids is 1. The average molecular weight is 144 g/mol. The van der Waals surface area contributed by atoms with Crippen molar-refractivity contribution in [1.29, 1.82) is 0 Å². The molecule has 4 nitrogen and oxygen atoms in total. The van der Waals surface area contributed by atoms with Gasteiger partial charge in [0.2, 0.25) is 5.91 Å². The minimum Gasteiger partial charge on any atom is -0.393 e. The highest BCUT2D eigenvalue weighted by Gasteiger charge is 2.22. The molecule has 1 saturated heterocycles. The monoisotopic (exact) mass is 144 g/mol. The fourth-order valence-corrected chi connectivity index (χ4v) is 1.11. The van der Waals surface area contributed by atoms with Crippen molar-refractivity contribution in [2.24, 2.45) is 5.73 Å². The van der Waals surface area contributed by atoms with Crippen LogP contribution in [0.25, 0.3) is 0 Å². The summed E-state index contributed by atoms with van der Waals surface area (Å²) in [5, 5.41) is 12.0. The SMILES string of the molecule is NC(=O)C1CC(O)CCN1. The van der Waals surface area contributed by atoms with Crippen molar-refractivity contribution in [3.63, 3.8) is 0 Å². The van der Waals surface area contributed by atoms with E-state index in [1.165, 1.54) is 0 Å². The zero-order valence-electron chi connectivity index (χ0n) is 5.71. The number of nitrogens with two attached hydrogens (primary N) is 1. The van der Waals surface area contributed by atoms with Gasteiger partial charge in [-0.15, -0.1) is 0 Å². The topological polar surface area (TPSA) is 75.4 Å². The smallest absolute Gasteiger partial charge is 0.234 e. The van der Waals surface area contributed by atoms with Crippen LogP contribution in [-0.2, 0) is 4.79 Å². The van der Waals surface area contributed by atoms with Crippen molar-refractivity contribution in [3.8, 4) is 0 Å². The van der Waals surface area contributed by atoms with Crippen molar-refractivity contribution < 1.29 is 9.90 Å². The van der Waals surface area contributed by atoms with Gasteiger partial charge in [0.05, 0.1) is 12.1 Å². The molecule has 0 aromatic rings. The van der Waals surface area contributed by atoms with Crippen molar-refractivity contribution in [1.82, 2.24) is 5.32 Å². The highest BCUT2D eigenvalue weighted by Crippen LogP contribution is 2.06. The summed E-state index contributed by atoms with van der Waals surface area (Å²) in [5.41, 5.74) is 5.02. The van der Waals surface area contributed by atoms with E-state index in [1.807, 2.05) is 0 Å².